The summed E-state index contributed by atoms with van der Waals surface area (Å²) in [4.78, 5) is 14.5. The molecule has 1 aromatic heterocycles. The first-order valence-corrected chi connectivity index (χ1v) is 5.36. The molecular weight excluding hydrogens is 338 g/mol. The van der Waals surface area contributed by atoms with Crippen LogP contribution in [0.2, 0.25) is 0 Å². The Balaban J connectivity index is 3.28. The van der Waals surface area contributed by atoms with Crippen molar-refractivity contribution in [2.45, 2.75) is 13.3 Å². The lowest BCUT2D eigenvalue weighted by Crippen LogP contribution is -2.12. The molecule has 0 amide bonds. The van der Waals surface area contributed by atoms with Crippen LogP contribution in [0.4, 0.5) is 13.2 Å². The Morgan fingerprint density at radius 1 is 1.62 bits per heavy atom. The van der Waals surface area contributed by atoms with E-state index < -0.39 is 29.5 Å². The number of ether oxygens (including phenoxy) is 1. The average Bonchev–Trinajstić information content (AvgIpc) is 2.21. The van der Waals surface area contributed by atoms with Gasteiger partial charge in [0.05, 0.1) is 21.3 Å². The Morgan fingerprint density at radius 3 is 2.75 bits per heavy atom. The van der Waals surface area contributed by atoms with E-state index in [1.54, 1.807) is 6.92 Å². The van der Waals surface area contributed by atoms with Gasteiger partial charge < -0.3 is 4.74 Å². The molecule has 1 aromatic rings. The number of hydrogen-bond acceptors (Lipinski definition) is 3. The summed E-state index contributed by atoms with van der Waals surface area (Å²) in [5.41, 5.74) is -1.07. The molecule has 0 spiro atoms. The molecule has 0 N–H and O–H groups in total. The van der Waals surface area contributed by atoms with E-state index in [-0.39, 0.29) is 10.2 Å². The van der Waals surface area contributed by atoms with Crippen LogP contribution in [0.15, 0.2) is 6.20 Å². The smallest absolute Gasteiger partial charge is 0.340 e. The minimum atomic E-state index is -2.95. The first kappa shape index (κ1) is 13.2. The minimum Gasteiger partial charge on any atom is -0.462 e. The lowest BCUT2D eigenvalue weighted by molar-refractivity contribution is 0.0514. The first-order valence-electron chi connectivity index (χ1n) is 4.28. The molecule has 0 aliphatic rings. The summed E-state index contributed by atoms with van der Waals surface area (Å²) in [5, 5.41) is 0. The Morgan fingerprint density at radius 2 is 2.25 bits per heavy atom. The van der Waals surface area contributed by atoms with Gasteiger partial charge in [-0.2, -0.15) is 4.39 Å². The summed E-state index contributed by atoms with van der Waals surface area (Å²) in [6.45, 7) is 1.59. The molecule has 0 radical (unpaired) electrons. The molecule has 3 nitrogen and oxygen atoms in total. The lowest BCUT2D eigenvalue weighted by atomic mass is 10.1. The number of alkyl halides is 2. The van der Waals surface area contributed by atoms with Crippen molar-refractivity contribution in [2.24, 2.45) is 0 Å². The predicted molar refractivity (Wildman–Crippen MR) is 57.8 cm³/mol. The Labute approximate surface area is 103 Å². The highest BCUT2D eigenvalue weighted by Crippen LogP contribution is 2.29. The summed E-state index contributed by atoms with van der Waals surface area (Å²) in [7, 11) is 0. The number of rotatable bonds is 3. The zero-order valence-electron chi connectivity index (χ0n) is 8.14. The van der Waals surface area contributed by atoms with Crippen LogP contribution in [0.3, 0.4) is 0 Å². The first-order chi connectivity index (χ1) is 7.49. The van der Waals surface area contributed by atoms with Crippen LogP contribution in [0.5, 0.6) is 0 Å². The maximum Gasteiger partial charge on any atom is 0.340 e. The fourth-order valence-electron chi connectivity index (χ4n) is 1.06. The van der Waals surface area contributed by atoms with Crippen molar-refractivity contribution in [3.63, 3.8) is 0 Å². The molecule has 16 heavy (non-hydrogen) atoms. The van der Waals surface area contributed by atoms with Crippen molar-refractivity contribution in [3.8, 4) is 0 Å². The molecule has 0 unspecified atom stereocenters. The van der Waals surface area contributed by atoms with E-state index in [2.05, 4.69) is 9.72 Å². The number of carbonyl (C=O) groups is 1. The number of hydrogen-bond donors (Lipinski definition) is 0. The van der Waals surface area contributed by atoms with Gasteiger partial charge in [-0.1, -0.05) is 0 Å². The third-order valence-electron chi connectivity index (χ3n) is 1.73. The van der Waals surface area contributed by atoms with Gasteiger partial charge in [0.2, 0.25) is 5.95 Å². The molecule has 0 fully saturated rings. The van der Waals surface area contributed by atoms with Gasteiger partial charge in [-0.15, -0.1) is 0 Å². The van der Waals surface area contributed by atoms with E-state index >= 15 is 0 Å². The van der Waals surface area contributed by atoms with E-state index in [4.69, 9.17) is 0 Å². The van der Waals surface area contributed by atoms with Crippen LogP contribution >= 0.6 is 22.6 Å². The van der Waals surface area contributed by atoms with E-state index in [0.29, 0.717) is 0 Å². The standard InChI is InChI=1S/C9H7F3INO2/c1-2-16-9(15)4-3-14-8(12)6(13)5(4)7(10)11/h3,7H,2H2,1H3. The summed E-state index contributed by atoms with van der Waals surface area (Å²) < 4.78 is 42.5. The topological polar surface area (TPSA) is 39.2 Å². The second kappa shape index (κ2) is 5.46. The summed E-state index contributed by atoms with van der Waals surface area (Å²) in [5.74, 6) is -1.95. The number of halogens is 4. The third kappa shape index (κ3) is 2.63. The Hall–Kier alpha value is -0.860. The number of esters is 1. The van der Waals surface area contributed by atoms with Crippen LogP contribution in [0, 0.1) is 9.52 Å². The molecule has 0 aliphatic carbocycles. The molecule has 88 valence electrons. The van der Waals surface area contributed by atoms with Crippen LogP contribution in [0.25, 0.3) is 0 Å². The highest BCUT2D eigenvalue weighted by Gasteiger charge is 2.25. The Kier molecular flexibility index (Phi) is 4.51. The van der Waals surface area contributed by atoms with Gasteiger partial charge in [-0.05, 0) is 29.5 Å². The van der Waals surface area contributed by atoms with Crippen molar-refractivity contribution < 1.29 is 22.7 Å². The number of carbonyl (C=O) groups excluding carboxylic acids is 1. The van der Waals surface area contributed by atoms with Gasteiger partial charge >= 0.3 is 5.97 Å². The number of nitrogens with zero attached hydrogens (tertiary/aromatic N) is 1. The molecule has 0 saturated heterocycles. The lowest BCUT2D eigenvalue weighted by Gasteiger charge is -2.09. The second-order valence-corrected chi connectivity index (χ2v) is 3.79. The monoisotopic (exact) mass is 345 g/mol. The maximum absolute atomic E-state index is 13.0. The quantitative estimate of drug-likeness (QED) is 0.480. The number of pyridine rings is 1. The van der Waals surface area contributed by atoms with Crippen LogP contribution in [-0.4, -0.2) is 17.6 Å². The van der Waals surface area contributed by atoms with Crippen molar-refractivity contribution >= 4 is 28.6 Å². The molecule has 0 aromatic carbocycles. The largest absolute Gasteiger partial charge is 0.462 e. The zero-order chi connectivity index (χ0) is 12.3. The minimum absolute atomic E-state index is 0.0511. The SMILES string of the molecule is CCOC(=O)c1cnc(F)c(I)c1C(F)F. The Bertz CT molecular complexity index is 412. The second-order valence-electron chi connectivity index (χ2n) is 2.71. The van der Waals surface area contributed by atoms with Crippen LogP contribution in [-0.2, 0) is 4.74 Å². The van der Waals surface area contributed by atoms with Crippen LogP contribution < -0.4 is 0 Å². The highest BCUT2D eigenvalue weighted by atomic mass is 127. The van der Waals surface area contributed by atoms with Gasteiger partial charge in [0.25, 0.3) is 6.43 Å². The average molecular weight is 345 g/mol. The summed E-state index contributed by atoms with van der Waals surface area (Å²) in [6.07, 6.45) is -2.19. The molecule has 0 bridgehead atoms. The molecular formula is C9H7F3INO2. The van der Waals surface area contributed by atoms with Crippen LogP contribution in [0.1, 0.15) is 29.3 Å². The molecule has 7 heteroatoms. The highest BCUT2D eigenvalue weighted by molar-refractivity contribution is 14.1. The summed E-state index contributed by atoms with van der Waals surface area (Å²) >= 11 is 1.38. The van der Waals surface area contributed by atoms with Crippen molar-refractivity contribution in [1.82, 2.24) is 4.98 Å². The van der Waals surface area contributed by atoms with Gasteiger partial charge in [0.15, 0.2) is 0 Å². The zero-order valence-corrected chi connectivity index (χ0v) is 10.3. The van der Waals surface area contributed by atoms with E-state index in [1.807, 2.05) is 0 Å². The summed E-state index contributed by atoms with van der Waals surface area (Å²) in [6, 6.07) is 0. The van der Waals surface area contributed by atoms with E-state index in [9.17, 15) is 18.0 Å². The van der Waals surface area contributed by atoms with Crippen molar-refractivity contribution in [2.75, 3.05) is 6.61 Å². The molecule has 0 aliphatic heterocycles. The van der Waals surface area contributed by atoms with Gasteiger partial charge in [0, 0.05) is 6.20 Å². The third-order valence-corrected chi connectivity index (χ3v) is 2.75. The van der Waals surface area contributed by atoms with Crippen molar-refractivity contribution in [3.05, 3.63) is 26.8 Å². The molecule has 1 heterocycles. The van der Waals surface area contributed by atoms with Gasteiger partial charge in [0.1, 0.15) is 0 Å². The normalized spacial score (nSPS) is 10.6. The number of aromatic nitrogens is 1. The maximum atomic E-state index is 13.0. The predicted octanol–water partition coefficient (Wildman–Crippen LogP) is 2.94. The molecule has 1 rings (SSSR count). The van der Waals surface area contributed by atoms with Crippen molar-refractivity contribution in [1.29, 1.82) is 0 Å². The van der Waals surface area contributed by atoms with E-state index in [0.717, 1.165) is 6.20 Å². The van der Waals surface area contributed by atoms with Gasteiger partial charge in [-0.25, -0.2) is 18.6 Å². The fourth-order valence-corrected chi connectivity index (χ4v) is 1.73. The molecule has 0 saturated carbocycles. The van der Waals surface area contributed by atoms with Gasteiger partial charge in [-0.3, -0.25) is 0 Å². The fraction of sp³-hybridized carbons (Fsp3) is 0.333. The van der Waals surface area contributed by atoms with E-state index in [1.165, 1.54) is 22.6 Å². The molecule has 0 atom stereocenters.